The lowest BCUT2D eigenvalue weighted by molar-refractivity contribution is -0.384. The smallest absolute Gasteiger partial charge is 0.269 e. The van der Waals surface area contributed by atoms with Crippen molar-refractivity contribution in [1.29, 1.82) is 0 Å². The van der Waals surface area contributed by atoms with Crippen LogP contribution in [0.2, 0.25) is 0 Å². The summed E-state index contributed by atoms with van der Waals surface area (Å²) in [5.41, 5.74) is 3.68. The van der Waals surface area contributed by atoms with Gasteiger partial charge in [-0.2, -0.15) is 0 Å². The quantitative estimate of drug-likeness (QED) is 0.410. The monoisotopic (exact) mass is 472 g/mol. The summed E-state index contributed by atoms with van der Waals surface area (Å²) in [7, 11) is 4.12. The Balaban J connectivity index is 1.46. The van der Waals surface area contributed by atoms with Gasteiger partial charge in [-0.05, 0) is 68.4 Å². The predicted octanol–water partition coefficient (Wildman–Crippen LogP) is 4.82. The summed E-state index contributed by atoms with van der Waals surface area (Å²) in [6.45, 7) is 0.641. The van der Waals surface area contributed by atoms with Crippen molar-refractivity contribution >= 4 is 28.9 Å². The van der Waals surface area contributed by atoms with Gasteiger partial charge in [-0.15, -0.1) is 0 Å². The first-order chi connectivity index (χ1) is 16.8. The second kappa shape index (κ2) is 10.5. The molecule has 3 aromatic carbocycles. The third kappa shape index (κ3) is 5.55. The molecule has 0 fully saturated rings. The summed E-state index contributed by atoms with van der Waals surface area (Å²) in [5, 5.41) is 13.7. The second-order valence-electron chi connectivity index (χ2n) is 8.87. The summed E-state index contributed by atoms with van der Waals surface area (Å²) >= 11 is 0. The molecule has 2 amide bonds. The molecular weight excluding hydrogens is 444 g/mol. The number of rotatable bonds is 6. The number of amides is 2. The minimum absolute atomic E-state index is 0.0139. The van der Waals surface area contributed by atoms with Crippen LogP contribution in [-0.4, -0.2) is 42.3 Å². The van der Waals surface area contributed by atoms with Gasteiger partial charge in [0.05, 0.1) is 11.3 Å². The van der Waals surface area contributed by atoms with Crippen LogP contribution < -0.4 is 10.2 Å². The Morgan fingerprint density at radius 1 is 1.06 bits per heavy atom. The highest BCUT2D eigenvalue weighted by atomic mass is 16.6. The number of nitro benzene ring substituents is 1. The van der Waals surface area contributed by atoms with Gasteiger partial charge >= 0.3 is 0 Å². The van der Waals surface area contributed by atoms with Crippen molar-refractivity contribution in [2.75, 3.05) is 30.9 Å². The first-order valence-corrected chi connectivity index (χ1v) is 11.5. The molecule has 1 N–H and O–H groups in total. The van der Waals surface area contributed by atoms with E-state index < -0.39 is 4.92 Å². The lowest BCUT2D eigenvalue weighted by Gasteiger charge is -2.27. The molecule has 8 nitrogen and oxygen atoms in total. The van der Waals surface area contributed by atoms with Crippen LogP contribution in [0.5, 0.6) is 0 Å². The number of hydrogen-bond acceptors (Lipinski definition) is 5. The maximum Gasteiger partial charge on any atom is 0.269 e. The van der Waals surface area contributed by atoms with Gasteiger partial charge in [0.15, 0.2) is 0 Å². The fourth-order valence-electron chi connectivity index (χ4n) is 4.50. The molecule has 0 aromatic heterocycles. The molecule has 1 heterocycles. The van der Waals surface area contributed by atoms with Crippen LogP contribution in [0.15, 0.2) is 72.8 Å². The van der Waals surface area contributed by atoms with Gasteiger partial charge in [-0.25, -0.2) is 0 Å². The van der Waals surface area contributed by atoms with E-state index in [1.165, 1.54) is 12.1 Å². The van der Waals surface area contributed by atoms with E-state index in [-0.39, 0.29) is 30.0 Å². The molecule has 1 aliphatic heterocycles. The summed E-state index contributed by atoms with van der Waals surface area (Å²) in [4.78, 5) is 40.3. The van der Waals surface area contributed by atoms with Crippen molar-refractivity contribution in [3.05, 3.63) is 99.6 Å². The molecule has 0 saturated heterocycles. The number of para-hydroxylation sites is 1. The van der Waals surface area contributed by atoms with Crippen molar-refractivity contribution in [2.45, 2.75) is 25.3 Å². The van der Waals surface area contributed by atoms with Crippen LogP contribution in [0.25, 0.3) is 0 Å². The van der Waals surface area contributed by atoms with E-state index in [2.05, 4.69) is 30.4 Å². The molecule has 0 radical (unpaired) electrons. The second-order valence-corrected chi connectivity index (χ2v) is 8.87. The van der Waals surface area contributed by atoms with Crippen LogP contribution in [0, 0.1) is 10.1 Å². The molecular formula is C27H28N4O4. The van der Waals surface area contributed by atoms with Crippen LogP contribution in [-0.2, 0) is 11.2 Å². The number of hydrogen-bond donors (Lipinski definition) is 1. The van der Waals surface area contributed by atoms with E-state index in [0.717, 1.165) is 24.1 Å². The molecule has 4 rings (SSSR count). The zero-order valence-electron chi connectivity index (χ0n) is 19.8. The summed E-state index contributed by atoms with van der Waals surface area (Å²) in [6, 6.07) is 21.1. The van der Waals surface area contributed by atoms with Crippen molar-refractivity contribution < 1.29 is 14.5 Å². The van der Waals surface area contributed by atoms with Gasteiger partial charge in [0.2, 0.25) is 5.91 Å². The van der Waals surface area contributed by atoms with Gasteiger partial charge in [0.25, 0.3) is 11.6 Å². The van der Waals surface area contributed by atoms with Crippen LogP contribution in [0.3, 0.4) is 0 Å². The van der Waals surface area contributed by atoms with Gasteiger partial charge in [-0.1, -0.05) is 30.3 Å². The predicted molar refractivity (Wildman–Crippen MR) is 136 cm³/mol. The molecule has 0 bridgehead atoms. The summed E-state index contributed by atoms with van der Waals surface area (Å²) < 4.78 is 0. The Bertz CT molecular complexity index is 1240. The van der Waals surface area contributed by atoms with E-state index in [4.69, 9.17) is 0 Å². The fourth-order valence-corrected chi connectivity index (χ4v) is 4.50. The lowest BCUT2D eigenvalue weighted by Crippen LogP contribution is -2.31. The molecule has 180 valence electrons. The average molecular weight is 473 g/mol. The average Bonchev–Trinajstić information content (AvgIpc) is 3.04. The maximum absolute atomic E-state index is 13.4. The standard InChI is InChI=1S/C27H28N4O4/c1-29(2)24-11-6-16-30(25-10-4-3-9-23(24)25)27(33)20-12-14-21(15-13-20)28-26(32)18-19-7-5-8-22(17-19)31(34)35/h3-5,7-10,12-15,17,24H,6,11,16,18H2,1-2H3,(H,28,32). The minimum Gasteiger partial charge on any atom is -0.326 e. The molecule has 0 spiro atoms. The molecule has 1 aliphatic rings. The van der Waals surface area contributed by atoms with Gasteiger partial charge in [0, 0.05) is 41.7 Å². The first kappa shape index (κ1) is 24.1. The number of nitro groups is 1. The first-order valence-electron chi connectivity index (χ1n) is 11.5. The van der Waals surface area contributed by atoms with Gasteiger partial charge in [0.1, 0.15) is 0 Å². The van der Waals surface area contributed by atoms with Crippen LogP contribution in [0.4, 0.5) is 17.1 Å². The molecule has 35 heavy (non-hydrogen) atoms. The number of carbonyl (C=O) groups excluding carboxylic acids is 2. The fraction of sp³-hybridized carbons (Fsp3) is 0.259. The third-order valence-electron chi connectivity index (χ3n) is 6.22. The molecule has 1 atom stereocenters. The number of benzene rings is 3. The zero-order chi connectivity index (χ0) is 24.9. The number of non-ortho nitro benzene ring substituents is 1. The lowest BCUT2D eigenvalue weighted by atomic mass is 10.0. The van der Waals surface area contributed by atoms with E-state index in [0.29, 0.717) is 23.4 Å². The van der Waals surface area contributed by atoms with E-state index in [1.807, 2.05) is 23.1 Å². The Hall–Kier alpha value is -4.04. The van der Waals surface area contributed by atoms with Gasteiger partial charge in [-0.3, -0.25) is 19.7 Å². The zero-order valence-corrected chi connectivity index (χ0v) is 19.8. The molecule has 0 aliphatic carbocycles. The number of anilines is 2. The van der Waals surface area contributed by atoms with E-state index in [1.54, 1.807) is 36.4 Å². The minimum atomic E-state index is -0.486. The van der Waals surface area contributed by atoms with Crippen molar-refractivity contribution in [3.8, 4) is 0 Å². The van der Waals surface area contributed by atoms with Crippen LogP contribution in [0.1, 0.15) is 40.4 Å². The molecule has 8 heteroatoms. The normalized spacial score (nSPS) is 15.3. The van der Waals surface area contributed by atoms with Crippen LogP contribution >= 0.6 is 0 Å². The van der Waals surface area contributed by atoms with Crippen molar-refractivity contribution in [2.24, 2.45) is 0 Å². The Morgan fingerprint density at radius 3 is 2.51 bits per heavy atom. The number of fused-ring (bicyclic) bond motifs is 1. The highest BCUT2D eigenvalue weighted by Crippen LogP contribution is 2.36. The Kier molecular flexibility index (Phi) is 7.22. The Morgan fingerprint density at radius 2 is 1.80 bits per heavy atom. The highest BCUT2D eigenvalue weighted by molar-refractivity contribution is 6.07. The molecule has 1 unspecified atom stereocenters. The summed E-state index contributed by atoms with van der Waals surface area (Å²) in [5.74, 6) is -0.368. The highest BCUT2D eigenvalue weighted by Gasteiger charge is 2.27. The maximum atomic E-state index is 13.4. The number of carbonyl (C=O) groups is 2. The SMILES string of the molecule is CN(C)C1CCCN(C(=O)c2ccc(NC(=O)Cc3cccc([N+](=O)[O-])c3)cc2)c2ccccc21. The molecule has 3 aromatic rings. The number of nitrogens with zero attached hydrogens (tertiary/aromatic N) is 3. The summed E-state index contributed by atoms with van der Waals surface area (Å²) in [6.07, 6.45) is 1.89. The topological polar surface area (TPSA) is 95.8 Å². The van der Waals surface area contributed by atoms with E-state index in [9.17, 15) is 19.7 Å². The number of nitrogens with one attached hydrogen (secondary N) is 1. The molecule has 0 saturated carbocycles. The van der Waals surface area contributed by atoms with E-state index >= 15 is 0 Å². The third-order valence-corrected chi connectivity index (χ3v) is 6.22. The Labute approximate surface area is 204 Å². The van der Waals surface area contributed by atoms with Crippen molar-refractivity contribution in [1.82, 2.24) is 4.90 Å². The largest absolute Gasteiger partial charge is 0.326 e. The van der Waals surface area contributed by atoms with Gasteiger partial charge < -0.3 is 15.1 Å². The van der Waals surface area contributed by atoms with Crippen molar-refractivity contribution in [3.63, 3.8) is 0 Å².